The number of aliphatic hydroxyl groups excluding tert-OH is 1. The monoisotopic (exact) mass is 275 g/mol. The molecule has 2 aromatic rings. The Morgan fingerprint density at radius 1 is 1.20 bits per heavy atom. The highest BCUT2D eigenvalue weighted by molar-refractivity contribution is 5.99. The van der Waals surface area contributed by atoms with Crippen molar-refractivity contribution in [3.8, 4) is 5.88 Å². The van der Waals surface area contributed by atoms with Crippen LogP contribution in [-0.2, 0) is 0 Å². The van der Waals surface area contributed by atoms with E-state index in [1.807, 2.05) is 0 Å². The van der Waals surface area contributed by atoms with Crippen molar-refractivity contribution in [1.29, 1.82) is 0 Å². The van der Waals surface area contributed by atoms with Gasteiger partial charge in [0.25, 0.3) is 0 Å². The van der Waals surface area contributed by atoms with Crippen LogP contribution in [0.15, 0.2) is 47.9 Å². The van der Waals surface area contributed by atoms with Gasteiger partial charge in [0.05, 0.1) is 5.69 Å². The number of aromatic nitrogens is 2. The molecular formula is C13H13N3O4. The van der Waals surface area contributed by atoms with E-state index in [0.29, 0.717) is 5.88 Å². The number of hydrogen-bond donors (Lipinski definition) is 3. The lowest BCUT2D eigenvalue weighted by Gasteiger charge is -2.08. The molecule has 20 heavy (non-hydrogen) atoms. The minimum absolute atomic E-state index is 0.0501. The summed E-state index contributed by atoms with van der Waals surface area (Å²) in [6.45, 7) is -0.0501. The van der Waals surface area contributed by atoms with Crippen LogP contribution in [0.4, 0.5) is 0 Å². The maximum Gasteiger partial charge on any atom is 0.213 e. The third-order valence-electron chi connectivity index (χ3n) is 2.49. The molecule has 7 heteroatoms. The topological polar surface area (TPSA) is 108 Å². The molecule has 7 nitrogen and oxygen atoms in total. The molecule has 0 aliphatic rings. The van der Waals surface area contributed by atoms with Gasteiger partial charge < -0.3 is 20.2 Å². The number of pyridine rings is 2. The van der Waals surface area contributed by atoms with E-state index in [2.05, 4.69) is 15.1 Å². The molecule has 0 radical (unpaired) electrons. The number of nitrogens with zero attached hydrogens (tertiary/aromatic N) is 3. The highest BCUT2D eigenvalue weighted by Gasteiger charge is 2.11. The van der Waals surface area contributed by atoms with Gasteiger partial charge in [0.15, 0.2) is 6.29 Å². The summed E-state index contributed by atoms with van der Waals surface area (Å²) in [7, 11) is 0. The van der Waals surface area contributed by atoms with E-state index in [1.165, 1.54) is 18.3 Å². The first-order valence-electron chi connectivity index (χ1n) is 5.78. The predicted octanol–water partition coefficient (Wildman–Crippen LogP) is 0.717. The van der Waals surface area contributed by atoms with Crippen LogP contribution in [-0.4, -0.2) is 37.7 Å². The fourth-order valence-corrected chi connectivity index (χ4v) is 1.49. The summed E-state index contributed by atoms with van der Waals surface area (Å²) in [4.78, 5) is 7.96. The Labute approximate surface area is 114 Å². The summed E-state index contributed by atoms with van der Waals surface area (Å²) in [6.07, 6.45) is 1.34. The van der Waals surface area contributed by atoms with Gasteiger partial charge in [-0.2, -0.15) is 0 Å². The van der Waals surface area contributed by atoms with Crippen LogP contribution in [0.3, 0.4) is 0 Å². The molecule has 0 fully saturated rings. The molecule has 0 atom stereocenters. The van der Waals surface area contributed by atoms with E-state index in [1.54, 1.807) is 24.4 Å². The molecule has 104 valence electrons. The molecule has 0 saturated heterocycles. The normalized spacial score (nSPS) is 11.7. The lowest BCUT2D eigenvalue weighted by atomic mass is 10.2. The molecule has 2 aromatic heterocycles. The van der Waals surface area contributed by atoms with E-state index in [-0.39, 0.29) is 23.6 Å². The van der Waals surface area contributed by atoms with Crippen LogP contribution in [0, 0.1) is 0 Å². The van der Waals surface area contributed by atoms with Crippen molar-refractivity contribution in [2.24, 2.45) is 5.16 Å². The second-order valence-corrected chi connectivity index (χ2v) is 3.85. The Morgan fingerprint density at radius 2 is 2.05 bits per heavy atom. The van der Waals surface area contributed by atoms with E-state index in [0.717, 1.165) is 0 Å². The van der Waals surface area contributed by atoms with Crippen LogP contribution < -0.4 is 4.74 Å². The maximum atomic E-state index is 9.09. The lowest BCUT2D eigenvalue weighted by Crippen LogP contribution is -2.15. The number of oxime groups is 1. The fourth-order valence-electron chi connectivity index (χ4n) is 1.49. The summed E-state index contributed by atoms with van der Waals surface area (Å²) in [6, 6.07) is 8.03. The van der Waals surface area contributed by atoms with E-state index < -0.39 is 6.29 Å². The first kappa shape index (κ1) is 13.9. The Kier molecular flexibility index (Phi) is 4.59. The number of aliphatic hydroxyl groups is 2. The molecule has 0 spiro atoms. The number of hydrogen-bond acceptors (Lipinski definition) is 7. The van der Waals surface area contributed by atoms with Gasteiger partial charge in [-0.3, -0.25) is 4.98 Å². The molecule has 0 bridgehead atoms. The highest BCUT2D eigenvalue weighted by Crippen LogP contribution is 2.11. The third-order valence-corrected chi connectivity index (χ3v) is 2.49. The van der Waals surface area contributed by atoms with E-state index >= 15 is 0 Å². The Hall–Kier alpha value is -2.51. The average Bonchev–Trinajstić information content (AvgIpc) is 2.49. The zero-order chi connectivity index (χ0) is 14.4. The minimum Gasteiger partial charge on any atom is -0.471 e. The lowest BCUT2D eigenvalue weighted by molar-refractivity contribution is -0.0425. The largest absolute Gasteiger partial charge is 0.471 e. The Balaban J connectivity index is 2.11. The molecule has 0 saturated carbocycles. The molecule has 2 heterocycles. The maximum absolute atomic E-state index is 9.09. The standard InChI is InChI=1S/C13H13N3O4/c17-13(18)9-4-6-14-10(7-9)11(16-19)8-20-12-3-1-2-5-15-12/h1-7,13,17-19H,8H2/b16-11+. The van der Waals surface area contributed by atoms with Gasteiger partial charge in [0.2, 0.25) is 5.88 Å². The Morgan fingerprint density at radius 3 is 2.70 bits per heavy atom. The van der Waals surface area contributed by atoms with Crippen LogP contribution in [0.1, 0.15) is 17.5 Å². The zero-order valence-corrected chi connectivity index (χ0v) is 10.4. The summed E-state index contributed by atoms with van der Waals surface area (Å²) < 4.78 is 5.35. The molecule has 2 rings (SSSR count). The molecule has 0 amide bonds. The third kappa shape index (κ3) is 3.50. The van der Waals surface area contributed by atoms with Crippen molar-refractivity contribution < 1.29 is 20.2 Å². The fraction of sp³-hybridized carbons (Fsp3) is 0.154. The second kappa shape index (κ2) is 6.60. The average molecular weight is 275 g/mol. The minimum atomic E-state index is -1.62. The number of rotatable bonds is 5. The van der Waals surface area contributed by atoms with Gasteiger partial charge >= 0.3 is 0 Å². The summed E-state index contributed by atoms with van der Waals surface area (Å²) >= 11 is 0. The van der Waals surface area contributed by atoms with Gasteiger partial charge in [-0.1, -0.05) is 11.2 Å². The van der Waals surface area contributed by atoms with Crippen LogP contribution in [0.5, 0.6) is 5.88 Å². The molecule has 0 unspecified atom stereocenters. The smallest absolute Gasteiger partial charge is 0.213 e. The van der Waals surface area contributed by atoms with Gasteiger partial charge in [0, 0.05) is 24.0 Å². The van der Waals surface area contributed by atoms with Gasteiger partial charge in [-0.05, 0) is 18.2 Å². The van der Waals surface area contributed by atoms with Crippen molar-refractivity contribution in [3.63, 3.8) is 0 Å². The Bertz CT molecular complexity index is 587. The van der Waals surface area contributed by atoms with Crippen LogP contribution in [0.25, 0.3) is 0 Å². The quantitative estimate of drug-likeness (QED) is 0.321. The zero-order valence-electron chi connectivity index (χ0n) is 10.4. The summed E-state index contributed by atoms with van der Waals surface area (Å²) in [5.41, 5.74) is 0.682. The molecule has 0 aromatic carbocycles. The van der Waals surface area contributed by atoms with Gasteiger partial charge in [-0.25, -0.2) is 4.98 Å². The summed E-state index contributed by atoms with van der Waals surface area (Å²) in [5, 5.41) is 30.3. The van der Waals surface area contributed by atoms with Crippen LogP contribution in [0.2, 0.25) is 0 Å². The summed E-state index contributed by atoms with van der Waals surface area (Å²) in [5.74, 6) is 0.381. The van der Waals surface area contributed by atoms with Crippen molar-refractivity contribution in [1.82, 2.24) is 9.97 Å². The van der Waals surface area contributed by atoms with Crippen molar-refractivity contribution in [2.75, 3.05) is 6.61 Å². The molecule has 0 aliphatic carbocycles. The second-order valence-electron chi connectivity index (χ2n) is 3.85. The molecule has 3 N–H and O–H groups in total. The van der Waals surface area contributed by atoms with Crippen molar-refractivity contribution >= 4 is 5.71 Å². The van der Waals surface area contributed by atoms with E-state index in [4.69, 9.17) is 20.2 Å². The van der Waals surface area contributed by atoms with Gasteiger partial charge in [-0.15, -0.1) is 0 Å². The molecule has 0 aliphatic heterocycles. The van der Waals surface area contributed by atoms with E-state index in [9.17, 15) is 0 Å². The molecular weight excluding hydrogens is 262 g/mol. The van der Waals surface area contributed by atoms with Crippen molar-refractivity contribution in [3.05, 3.63) is 54.0 Å². The first-order chi connectivity index (χ1) is 9.70. The SMILES string of the molecule is O/N=C(\COc1ccccn1)c1cc(C(O)O)ccn1. The van der Waals surface area contributed by atoms with Crippen molar-refractivity contribution in [2.45, 2.75) is 6.29 Å². The van der Waals surface area contributed by atoms with Gasteiger partial charge in [0.1, 0.15) is 12.3 Å². The predicted molar refractivity (Wildman–Crippen MR) is 69.5 cm³/mol. The number of ether oxygens (including phenoxy) is 1. The van der Waals surface area contributed by atoms with Crippen LogP contribution >= 0.6 is 0 Å². The highest BCUT2D eigenvalue weighted by atomic mass is 16.5. The first-order valence-corrected chi connectivity index (χ1v) is 5.78.